The number of amides is 1. The minimum absolute atomic E-state index is 0.0943. The largest absolute Gasteiger partial charge is 0.496 e. The summed E-state index contributed by atoms with van der Waals surface area (Å²) in [4.78, 5) is 12.2. The smallest absolute Gasteiger partial charge is 0.220 e. The third kappa shape index (κ3) is 4.05. The molecule has 2 fully saturated rings. The predicted molar refractivity (Wildman–Crippen MR) is 91.7 cm³/mol. The molecule has 0 bridgehead atoms. The molecule has 1 heterocycles. The van der Waals surface area contributed by atoms with Crippen molar-refractivity contribution in [2.24, 2.45) is 5.92 Å². The maximum Gasteiger partial charge on any atom is 0.220 e. The second kappa shape index (κ2) is 7.35. The fourth-order valence-electron chi connectivity index (χ4n) is 3.64. The highest BCUT2D eigenvalue weighted by Gasteiger charge is 2.46. The first kappa shape index (κ1) is 16.3. The lowest BCUT2D eigenvalue weighted by atomic mass is 9.92. The molecule has 0 aromatic heterocycles. The van der Waals surface area contributed by atoms with Gasteiger partial charge >= 0.3 is 0 Å². The van der Waals surface area contributed by atoms with Crippen molar-refractivity contribution in [1.82, 2.24) is 10.6 Å². The summed E-state index contributed by atoms with van der Waals surface area (Å²) in [5.41, 5.74) is 1.33. The van der Waals surface area contributed by atoms with E-state index in [1.54, 1.807) is 7.11 Å². The van der Waals surface area contributed by atoms with Crippen molar-refractivity contribution in [2.75, 3.05) is 26.7 Å². The zero-order valence-corrected chi connectivity index (χ0v) is 14.1. The number of hydrogen-bond donors (Lipinski definition) is 2. The highest BCUT2D eigenvalue weighted by molar-refractivity contribution is 5.76. The number of rotatable bonds is 7. The number of nitrogens with one attached hydrogen (secondary N) is 2. The van der Waals surface area contributed by atoms with Crippen LogP contribution in [0.3, 0.4) is 0 Å². The molecule has 0 unspecified atom stereocenters. The van der Waals surface area contributed by atoms with Gasteiger partial charge < -0.3 is 15.4 Å². The number of ether oxygens (including phenoxy) is 1. The van der Waals surface area contributed by atoms with Crippen molar-refractivity contribution < 1.29 is 9.53 Å². The van der Waals surface area contributed by atoms with Gasteiger partial charge in [0.15, 0.2) is 0 Å². The molecule has 1 amide bonds. The summed E-state index contributed by atoms with van der Waals surface area (Å²) in [6.07, 6.45) is 6.35. The Balaban J connectivity index is 1.48. The minimum Gasteiger partial charge on any atom is -0.496 e. The van der Waals surface area contributed by atoms with Crippen LogP contribution in [0.4, 0.5) is 0 Å². The Morgan fingerprint density at radius 1 is 1.30 bits per heavy atom. The quantitative estimate of drug-likeness (QED) is 0.813. The van der Waals surface area contributed by atoms with Crippen LogP contribution in [-0.2, 0) is 10.2 Å². The SMILES string of the molecule is COc1ccccc1C1(CNC(=O)CCC2CCNCC2)CC1. The molecular formula is C19H28N2O2. The van der Waals surface area contributed by atoms with E-state index in [0.29, 0.717) is 12.3 Å². The van der Waals surface area contributed by atoms with Gasteiger partial charge in [0.1, 0.15) is 5.75 Å². The standard InChI is InChI=1S/C19H28N2O2/c1-23-17-5-3-2-4-16(17)19(10-11-19)14-21-18(22)7-6-15-8-12-20-13-9-15/h2-5,15,20H,6-14H2,1H3,(H,21,22). The molecule has 0 atom stereocenters. The molecule has 4 nitrogen and oxygen atoms in total. The first-order valence-electron chi connectivity index (χ1n) is 8.84. The van der Waals surface area contributed by atoms with Gasteiger partial charge in [0.25, 0.3) is 0 Å². The third-order valence-corrected chi connectivity index (χ3v) is 5.39. The molecule has 2 N–H and O–H groups in total. The van der Waals surface area contributed by atoms with Crippen molar-refractivity contribution in [1.29, 1.82) is 0 Å². The Morgan fingerprint density at radius 3 is 2.74 bits per heavy atom. The predicted octanol–water partition coefficient (Wildman–Crippen LogP) is 2.62. The summed E-state index contributed by atoms with van der Waals surface area (Å²) < 4.78 is 5.49. The minimum atomic E-state index is 0.0943. The van der Waals surface area contributed by atoms with E-state index in [1.807, 2.05) is 12.1 Å². The highest BCUT2D eigenvalue weighted by Crippen LogP contribution is 2.50. The van der Waals surface area contributed by atoms with Crippen LogP contribution >= 0.6 is 0 Å². The lowest BCUT2D eigenvalue weighted by Crippen LogP contribution is -2.33. The number of benzene rings is 1. The van der Waals surface area contributed by atoms with Crippen molar-refractivity contribution >= 4 is 5.91 Å². The topological polar surface area (TPSA) is 50.4 Å². The Bertz CT molecular complexity index is 534. The molecule has 2 aliphatic rings. The van der Waals surface area contributed by atoms with Gasteiger partial charge in [0.05, 0.1) is 7.11 Å². The highest BCUT2D eigenvalue weighted by atomic mass is 16.5. The summed E-state index contributed by atoms with van der Waals surface area (Å²) in [6.45, 7) is 2.94. The second-order valence-corrected chi connectivity index (χ2v) is 6.99. The molecule has 0 spiro atoms. The van der Waals surface area contributed by atoms with Crippen molar-refractivity contribution in [3.63, 3.8) is 0 Å². The molecule has 0 radical (unpaired) electrons. The summed E-state index contributed by atoms with van der Waals surface area (Å²) in [7, 11) is 1.71. The van der Waals surface area contributed by atoms with Crippen molar-refractivity contribution in [3.05, 3.63) is 29.8 Å². The number of carbonyl (C=O) groups excluding carboxylic acids is 1. The molecule has 1 saturated carbocycles. The molecule has 3 rings (SSSR count). The average Bonchev–Trinajstić information content (AvgIpc) is 3.40. The number of carbonyl (C=O) groups is 1. The Morgan fingerprint density at radius 2 is 2.04 bits per heavy atom. The van der Waals surface area contributed by atoms with Crippen LogP contribution in [0.2, 0.25) is 0 Å². The first-order valence-corrected chi connectivity index (χ1v) is 8.84. The van der Waals surface area contributed by atoms with E-state index >= 15 is 0 Å². The van der Waals surface area contributed by atoms with E-state index < -0.39 is 0 Å². The van der Waals surface area contributed by atoms with Crippen LogP contribution in [-0.4, -0.2) is 32.7 Å². The van der Waals surface area contributed by atoms with E-state index in [-0.39, 0.29) is 11.3 Å². The van der Waals surface area contributed by atoms with Crippen LogP contribution in [0.15, 0.2) is 24.3 Å². The van der Waals surface area contributed by atoms with E-state index in [2.05, 4.69) is 22.8 Å². The van der Waals surface area contributed by atoms with Crippen LogP contribution < -0.4 is 15.4 Å². The number of hydrogen-bond acceptors (Lipinski definition) is 3. The van der Waals surface area contributed by atoms with Crippen LogP contribution in [0.25, 0.3) is 0 Å². The maximum atomic E-state index is 12.2. The summed E-state index contributed by atoms with van der Waals surface area (Å²) in [6, 6.07) is 8.19. The molecular weight excluding hydrogens is 288 g/mol. The van der Waals surface area contributed by atoms with Gasteiger partial charge in [0, 0.05) is 23.9 Å². The van der Waals surface area contributed by atoms with Gasteiger partial charge in [-0.3, -0.25) is 4.79 Å². The Labute approximate surface area is 139 Å². The molecule has 126 valence electrons. The van der Waals surface area contributed by atoms with Crippen molar-refractivity contribution in [3.8, 4) is 5.75 Å². The molecule has 4 heteroatoms. The number of para-hydroxylation sites is 1. The zero-order valence-electron chi connectivity index (χ0n) is 14.1. The van der Waals surface area contributed by atoms with Crippen LogP contribution in [0, 0.1) is 5.92 Å². The van der Waals surface area contributed by atoms with Gasteiger partial charge in [0.2, 0.25) is 5.91 Å². The Kier molecular flexibility index (Phi) is 5.21. The fourth-order valence-corrected chi connectivity index (χ4v) is 3.64. The summed E-state index contributed by atoms with van der Waals surface area (Å²) in [5, 5.41) is 6.54. The molecule has 1 aliphatic heterocycles. The van der Waals surface area contributed by atoms with E-state index in [1.165, 1.54) is 18.4 Å². The second-order valence-electron chi connectivity index (χ2n) is 6.99. The summed E-state index contributed by atoms with van der Waals surface area (Å²) >= 11 is 0. The zero-order chi connectivity index (χ0) is 16.1. The Hall–Kier alpha value is -1.55. The molecule has 1 aromatic rings. The van der Waals surface area contributed by atoms with Gasteiger partial charge in [-0.25, -0.2) is 0 Å². The number of methoxy groups -OCH3 is 1. The molecule has 23 heavy (non-hydrogen) atoms. The summed E-state index contributed by atoms with van der Waals surface area (Å²) in [5.74, 6) is 1.85. The van der Waals surface area contributed by atoms with Gasteiger partial charge in [-0.2, -0.15) is 0 Å². The van der Waals surface area contributed by atoms with E-state index in [4.69, 9.17) is 4.74 Å². The molecule has 1 saturated heterocycles. The van der Waals surface area contributed by atoms with E-state index in [9.17, 15) is 4.79 Å². The average molecular weight is 316 g/mol. The maximum absolute atomic E-state index is 12.2. The van der Waals surface area contributed by atoms with Crippen LogP contribution in [0.1, 0.15) is 44.1 Å². The number of piperidine rings is 1. The first-order chi connectivity index (χ1) is 11.2. The lowest BCUT2D eigenvalue weighted by Gasteiger charge is -2.23. The third-order valence-electron chi connectivity index (χ3n) is 5.39. The van der Waals surface area contributed by atoms with Gasteiger partial charge in [-0.05, 0) is 57.2 Å². The van der Waals surface area contributed by atoms with E-state index in [0.717, 1.165) is 44.6 Å². The lowest BCUT2D eigenvalue weighted by molar-refractivity contribution is -0.121. The van der Waals surface area contributed by atoms with Crippen molar-refractivity contribution in [2.45, 2.75) is 43.9 Å². The van der Waals surface area contributed by atoms with Gasteiger partial charge in [-0.1, -0.05) is 18.2 Å². The molecule has 1 aliphatic carbocycles. The van der Waals surface area contributed by atoms with Crippen LogP contribution in [0.5, 0.6) is 5.75 Å². The molecule has 1 aromatic carbocycles. The monoisotopic (exact) mass is 316 g/mol. The normalized spacial score (nSPS) is 20.0. The fraction of sp³-hybridized carbons (Fsp3) is 0.632. The van der Waals surface area contributed by atoms with Gasteiger partial charge in [-0.15, -0.1) is 0 Å².